The lowest BCUT2D eigenvalue weighted by atomic mass is 10.2. The quantitative estimate of drug-likeness (QED) is 0.626. The molecule has 0 bridgehead atoms. The molecule has 0 spiro atoms. The Morgan fingerprint density at radius 1 is 1.57 bits per heavy atom. The Labute approximate surface area is 99.5 Å². The van der Waals surface area contributed by atoms with Crippen LogP contribution in [-0.4, -0.2) is 27.9 Å². The van der Waals surface area contributed by atoms with Crippen molar-refractivity contribution >= 4 is 36.6 Å². The summed E-state index contributed by atoms with van der Waals surface area (Å²) in [6, 6.07) is 1.31. The molecule has 0 aromatic carbocycles. The van der Waals surface area contributed by atoms with Crippen molar-refractivity contribution in [2.24, 2.45) is 5.73 Å². The van der Waals surface area contributed by atoms with E-state index >= 15 is 0 Å². The second-order valence-corrected chi connectivity index (χ2v) is 3.03. The van der Waals surface area contributed by atoms with Gasteiger partial charge in [0.2, 0.25) is 0 Å². The molecular weight excluding hydrogens is 245 g/mol. The van der Waals surface area contributed by atoms with Crippen LogP contribution in [0.1, 0.15) is 11.7 Å². The number of nitrogens with two attached hydrogens (primary N) is 1. The molecule has 1 atom stereocenters. The highest BCUT2D eigenvalue weighted by Gasteiger charge is 2.06. The van der Waals surface area contributed by atoms with Gasteiger partial charge in [-0.15, -0.1) is 24.8 Å². The molecule has 1 heterocycles. The van der Waals surface area contributed by atoms with Crippen molar-refractivity contribution < 1.29 is 5.11 Å². The molecular formula is C7H13Cl2N3OS. The Morgan fingerprint density at radius 3 is 2.71 bits per heavy atom. The van der Waals surface area contributed by atoms with E-state index in [-0.39, 0.29) is 31.4 Å². The number of rotatable bonds is 3. The highest BCUT2D eigenvalue weighted by Crippen LogP contribution is 2.11. The fourth-order valence-corrected chi connectivity index (χ4v) is 1.12. The summed E-state index contributed by atoms with van der Waals surface area (Å²) < 4.78 is 0. The lowest BCUT2D eigenvalue weighted by Gasteiger charge is -2.06. The van der Waals surface area contributed by atoms with Gasteiger partial charge in [0, 0.05) is 6.20 Å². The van der Waals surface area contributed by atoms with Gasteiger partial charge in [-0.1, -0.05) is 11.8 Å². The summed E-state index contributed by atoms with van der Waals surface area (Å²) in [5.41, 5.74) is 6.25. The zero-order chi connectivity index (χ0) is 8.97. The van der Waals surface area contributed by atoms with E-state index in [0.29, 0.717) is 10.9 Å². The van der Waals surface area contributed by atoms with Gasteiger partial charge in [0.1, 0.15) is 0 Å². The van der Waals surface area contributed by atoms with E-state index in [2.05, 4.69) is 9.97 Å². The van der Waals surface area contributed by atoms with Crippen LogP contribution in [-0.2, 0) is 0 Å². The van der Waals surface area contributed by atoms with Crippen molar-refractivity contribution in [2.75, 3.05) is 12.9 Å². The van der Waals surface area contributed by atoms with Gasteiger partial charge in [0.15, 0.2) is 5.16 Å². The summed E-state index contributed by atoms with van der Waals surface area (Å²) in [6.45, 7) is -0.0924. The van der Waals surface area contributed by atoms with Crippen LogP contribution in [0.4, 0.5) is 0 Å². The molecule has 0 radical (unpaired) electrons. The molecule has 82 valence electrons. The molecule has 14 heavy (non-hydrogen) atoms. The second kappa shape index (κ2) is 8.26. The van der Waals surface area contributed by atoms with E-state index in [1.807, 2.05) is 6.26 Å². The van der Waals surface area contributed by atoms with Crippen molar-refractivity contribution in [3.05, 3.63) is 18.0 Å². The van der Waals surface area contributed by atoms with E-state index < -0.39 is 6.04 Å². The standard InChI is InChI=1S/C7H11N3OS.2ClH/c1-12-7-9-3-2-6(10-7)5(8)4-11;;/h2-3,5,11H,4,8H2,1H3;2*1H. The van der Waals surface area contributed by atoms with Gasteiger partial charge in [0.05, 0.1) is 18.3 Å². The van der Waals surface area contributed by atoms with E-state index in [4.69, 9.17) is 10.8 Å². The van der Waals surface area contributed by atoms with E-state index in [9.17, 15) is 0 Å². The SMILES string of the molecule is CSc1nccc(C(N)CO)n1.Cl.Cl. The molecule has 4 nitrogen and oxygen atoms in total. The predicted molar refractivity (Wildman–Crippen MR) is 62.3 cm³/mol. The summed E-state index contributed by atoms with van der Waals surface area (Å²) in [5.74, 6) is 0. The first-order valence-corrected chi connectivity index (χ1v) is 4.73. The average Bonchev–Trinajstić information content (AvgIpc) is 2.17. The molecule has 0 fully saturated rings. The number of aliphatic hydroxyl groups excluding tert-OH is 1. The molecule has 3 N–H and O–H groups in total. The van der Waals surface area contributed by atoms with Crippen LogP contribution in [0.15, 0.2) is 17.4 Å². The summed E-state index contributed by atoms with van der Waals surface area (Å²) in [6.07, 6.45) is 3.53. The molecule has 0 amide bonds. The molecule has 1 rings (SSSR count). The van der Waals surface area contributed by atoms with E-state index in [1.54, 1.807) is 12.3 Å². The number of thioether (sulfide) groups is 1. The number of nitrogens with zero attached hydrogens (tertiary/aromatic N) is 2. The van der Waals surface area contributed by atoms with Gasteiger partial charge < -0.3 is 10.8 Å². The number of hydrogen-bond acceptors (Lipinski definition) is 5. The first kappa shape index (κ1) is 16.4. The van der Waals surface area contributed by atoms with Crippen LogP contribution >= 0.6 is 36.6 Å². The zero-order valence-electron chi connectivity index (χ0n) is 7.58. The maximum Gasteiger partial charge on any atom is 0.187 e. The smallest absolute Gasteiger partial charge is 0.187 e. The van der Waals surface area contributed by atoms with Crippen LogP contribution in [0.5, 0.6) is 0 Å². The van der Waals surface area contributed by atoms with Crippen molar-refractivity contribution in [3.63, 3.8) is 0 Å². The first-order valence-electron chi connectivity index (χ1n) is 3.51. The van der Waals surface area contributed by atoms with Gasteiger partial charge in [-0.05, 0) is 12.3 Å². The number of aromatic nitrogens is 2. The van der Waals surface area contributed by atoms with Crippen LogP contribution < -0.4 is 5.73 Å². The Kier molecular flexibility index (Phi) is 9.65. The molecule has 0 aliphatic carbocycles. The number of halogens is 2. The van der Waals surface area contributed by atoms with Gasteiger partial charge in [-0.2, -0.15) is 0 Å². The van der Waals surface area contributed by atoms with Crippen LogP contribution in [0.25, 0.3) is 0 Å². The number of aliphatic hydroxyl groups is 1. The van der Waals surface area contributed by atoms with Crippen molar-refractivity contribution in [3.8, 4) is 0 Å². The Balaban J connectivity index is 0. The normalized spacial score (nSPS) is 11.1. The molecule has 7 heteroatoms. The minimum Gasteiger partial charge on any atom is -0.394 e. The third-order valence-corrected chi connectivity index (χ3v) is 1.98. The molecule has 1 aromatic heterocycles. The molecule has 0 saturated heterocycles. The second-order valence-electron chi connectivity index (χ2n) is 2.26. The van der Waals surface area contributed by atoms with Gasteiger partial charge in [-0.3, -0.25) is 0 Å². The zero-order valence-corrected chi connectivity index (χ0v) is 10.0. The van der Waals surface area contributed by atoms with Gasteiger partial charge in [0.25, 0.3) is 0 Å². The fourth-order valence-electron chi connectivity index (χ4n) is 0.752. The molecule has 0 aliphatic heterocycles. The Bertz CT molecular complexity index is 264. The van der Waals surface area contributed by atoms with Gasteiger partial charge in [-0.25, -0.2) is 9.97 Å². The van der Waals surface area contributed by atoms with E-state index in [0.717, 1.165) is 0 Å². The molecule has 0 aliphatic rings. The molecule has 1 unspecified atom stereocenters. The highest BCUT2D eigenvalue weighted by atomic mass is 35.5. The lowest BCUT2D eigenvalue weighted by molar-refractivity contribution is 0.265. The van der Waals surface area contributed by atoms with Crippen molar-refractivity contribution in [1.29, 1.82) is 0 Å². The fraction of sp³-hybridized carbons (Fsp3) is 0.429. The Morgan fingerprint density at radius 2 is 2.21 bits per heavy atom. The van der Waals surface area contributed by atoms with E-state index in [1.165, 1.54) is 11.8 Å². The highest BCUT2D eigenvalue weighted by molar-refractivity contribution is 7.98. The summed E-state index contributed by atoms with van der Waals surface area (Å²) in [5, 5.41) is 9.44. The van der Waals surface area contributed by atoms with Crippen molar-refractivity contribution in [2.45, 2.75) is 11.2 Å². The molecule has 1 aromatic rings. The predicted octanol–water partition coefficient (Wildman–Crippen LogP) is 1.03. The minimum atomic E-state index is -0.404. The van der Waals surface area contributed by atoms with Crippen molar-refractivity contribution in [1.82, 2.24) is 9.97 Å². The Hall–Kier alpha value is -0.0700. The maximum absolute atomic E-state index is 8.76. The maximum atomic E-state index is 8.76. The summed E-state index contributed by atoms with van der Waals surface area (Å²) in [7, 11) is 0. The third-order valence-electron chi connectivity index (χ3n) is 1.41. The summed E-state index contributed by atoms with van der Waals surface area (Å²) >= 11 is 1.45. The monoisotopic (exact) mass is 257 g/mol. The minimum absolute atomic E-state index is 0. The topological polar surface area (TPSA) is 72.0 Å². The first-order chi connectivity index (χ1) is 5.77. The lowest BCUT2D eigenvalue weighted by Crippen LogP contribution is -2.16. The van der Waals surface area contributed by atoms with Gasteiger partial charge >= 0.3 is 0 Å². The number of hydrogen-bond donors (Lipinski definition) is 2. The summed E-state index contributed by atoms with van der Waals surface area (Å²) in [4.78, 5) is 8.12. The molecule has 0 saturated carbocycles. The average molecular weight is 258 g/mol. The van der Waals surface area contributed by atoms with Crippen LogP contribution in [0.3, 0.4) is 0 Å². The third kappa shape index (κ3) is 4.43. The van der Waals surface area contributed by atoms with Crippen LogP contribution in [0.2, 0.25) is 0 Å². The van der Waals surface area contributed by atoms with Crippen LogP contribution in [0, 0.1) is 0 Å². The largest absolute Gasteiger partial charge is 0.394 e.